The molecule has 1 nitrogen and oxygen atoms in total. The van der Waals surface area contributed by atoms with Gasteiger partial charge in [-0.3, -0.25) is 0 Å². The molecule has 16 heavy (non-hydrogen) atoms. The van der Waals surface area contributed by atoms with Crippen LogP contribution in [0.3, 0.4) is 0 Å². The zero-order valence-electron chi connectivity index (χ0n) is 11.4. The Kier molecular flexibility index (Phi) is 4.85. The first kappa shape index (κ1) is 13.1. The number of nitrogens with zero attached hydrogens (tertiary/aromatic N) is 1. The van der Waals surface area contributed by atoms with Crippen LogP contribution in [-0.4, -0.2) is 14.1 Å². The summed E-state index contributed by atoms with van der Waals surface area (Å²) in [5.41, 5.74) is 3.99. The van der Waals surface area contributed by atoms with E-state index >= 15 is 0 Å². The summed E-state index contributed by atoms with van der Waals surface area (Å²) in [6.45, 7) is 6.58. The topological polar surface area (TPSA) is 3.24 Å². The maximum atomic E-state index is 2.31. The maximum absolute atomic E-state index is 2.31. The molecule has 1 fully saturated rings. The van der Waals surface area contributed by atoms with E-state index < -0.39 is 0 Å². The molecule has 0 amide bonds. The molecular formula is C15H25N. The average Bonchev–Trinajstić information content (AvgIpc) is 2.20. The van der Waals surface area contributed by atoms with Crippen LogP contribution in [0, 0.1) is 19.8 Å². The van der Waals surface area contributed by atoms with Crippen LogP contribution in [0.2, 0.25) is 0 Å². The van der Waals surface area contributed by atoms with E-state index in [1.807, 2.05) is 0 Å². The number of rotatable bonds is 1. The first-order valence-electron chi connectivity index (χ1n) is 6.25. The molecule has 1 heteroatoms. The number of benzene rings is 1. The third kappa shape index (κ3) is 3.88. The van der Waals surface area contributed by atoms with Crippen LogP contribution in [0.15, 0.2) is 18.2 Å². The van der Waals surface area contributed by atoms with E-state index in [1.165, 1.54) is 36.1 Å². The van der Waals surface area contributed by atoms with Crippen molar-refractivity contribution >= 4 is 5.69 Å². The molecule has 0 heterocycles. The lowest BCUT2D eigenvalue weighted by atomic mass is 9.88. The first-order chi connectivity index (χ1) is 7.50. The van der Waals surface area contributed by atoms with Gasteiger partial charge in [0.2, 0.25) is 0 Å². The number of anilines is 1. The Balaban J connectivity index is 0.000000212. The van der Waals surface area contributed by atoms with E-state index in [2.05, 4.69) is 58.0 Å². The minimum Gasteiger partial charge on any atom is -0.378 e. The fraction of sp³-hybridized carbons (Fsp3) is 0.600. The van der Waals surface area contributed by atoms with E-state index in [0.29, 0.717) is 0 Å². The van der Waals surface area contributed by atoms with Gasteiger partial charge in [-0.25, -0.2) is 0 Å². The van der Waals surface area contributed by atoms with E-state index in [9.17, 15) is 0 Å². The predicted octanol–water partition coefficient (Wildman–Crippen LogP) is 4.18. The Labute approximate surface area is 100 Å². The van der Waals surface area contributed by atoms with Gasteiger partial charge in [-0.1, -0.05) is 32.3 Å². The smallest absolute Gasteiger partial charge is 0.0363 e. The van der Waals surface area contributed by atoms with Crippen molar-refractivity contribution in [2.75, 3.05) is 19.0 Å². The fourth-order valence-electron chi connectivity index (χ4n) is 1.62. The van der Waals surface area contributed by atoms with Crippen molar-refractivity contribution in [3.63, 3.8) is 0 Å². The minimum atomic E-state index is 1.06. The van der Waals surface area contributed by atoms with Gasteiger partial charge in [-0.2, -0.15) is 0 Å². The van der Waals surface area contributed by atoms with Crippen molar-refractivity contribution in [3.8, 4) is 0 Å². The van der Waals surface area contributed by atoms with Crippen LogP contribution in [0.4, 0.5) is 5.69 Å². The molecule has 0 N–H and O–H groups in total. The Morgan fingerprint density at radius 1 is 1.06 bits per heavy atom. The van der Waals surface area contributed by atoms with Crippen molar-refractivity contribution < 1.29 is 0 Å². The van der Waals surface area contributed by atoms with Crippen LogP contribution in [0.5, 0.6) is 0 Å². The Morgan fingerprint density at radius 2 is 1.62 bits per heavy atom. The second-order valence-corrected chi connectivity index (χ2v) is 5.20. The van der Waals surface area contributed by atoms with Gasteiger partial charge < -0.3 is 4.90 Å². The molecule has 0 unspecified atom stereocenters. The van der Waals surface area contributed by atoms with Gasteiger partial charge >= 0.3 is 0 Å². The molecule has 0 aliphatic heterocycles. The lowest BCUT2D eigenvalue weighted by Gasteiger charge is -2.18. The quantitative estimate of drug-likeness (QED) is 0.685. The molecule has 1 aliphatic carbocycles. The number of hydrogen-bond acceptors (Lipinski definition) is 1. The third-order valence-corrected chi connectivity index (χ3v) is 3.40. The second kappa shape index (κ2) is 5.93. The summed E-state index contributed by atoms with van der Waals surface area (Å²) in [6.07, 6.45) is 4.46. The summed E-state index contributed by atoms with van der Waals surface area (Å²) in [6, 6.07) is 6.50. The summed E-state index contributed by atoms with van der Waals surface area (Å²) in [5.74, 6) is 1.06. The molecule has 2 rings (SSSR count). The Bertz CT molecular complexity index is 324. The highest BCUT2D eigenvalue weighted by Gasteiger charge is 2.09. The molecule has 0 atom stereocenters. The number of aryl methyl sites for hydroxylation is 2. The Hall–Kier alpha value is -0.980. The lowest BCUT2D eigenvalue weighted by molar-refractivity contribution is 0.346. The SMILES string of the molecule is CC1CCC1.Cc1ccc(N(C)C)cc1C. The van der Waals surface area contributed by atoms with Crippen LogP contribution in [-0.2, 0) is 0 Å². The van der Waals surface area contributed by atoms with E-state index in [-0.39, 0.29) is 0 Å². The van der Waals surface area contributed by atoms with Crippen molar-refractivity contribution in [3.05, 3.63) is 29.3 Å². The fourth-order valence-corrected chi connectivity index (χ4v) is 1.62. The van der Waals surface area contributed by atoms with E-state index in [1.54, 1.807) is 0 Å². The van der Waals surface area contributed by atoms with Gasteiger partial charge in [0.1, 0.15) is 0 Å². The summed E-state index contributed by atoms with van der Waals surface area (Å²) in [4.78, 5) is 2.12. The van der Waals surface area contributed by atoms with E-state index in [4.69, 9.17) is 0 Å². The van der Waals surface area contributed by atoms with Crippen LogP contribution in [0.1, 0.15) is 37.3 Å². The van der Waals surface area contributed by atoms with Gasteiger partial charge in [0.25, 0.3) is 0 Å². The van der Waals surface area contributed by atoms with Crippen molar-refractivity contribution in [1.29, 1.82) is 0 Å². The summed E-state index contributed by atoms with van der Waals surface area (Å²) in [7, 11) is 4.12. The molecule has 0 spiro atoms. The lowest BCUT2D eigenvalue weighted by Crippen LogP contribution is -2.08. The summed E-state index contributed by atoms with van der Waals surface area (Å²) >= 11 is 0. The van der Waals surface area contributed by atoms with Gasteiger partial charge in [-0.05, 0) is 43.0 Å². The van der Waals surface area contributed by atoms with Gasteiger partial charge in [-0.15, -0.1) is 0 Å². The second-order valence-electron chi connectivity index (χ2n) is 5.20. The van der Waals surface area contributed by atoms with Crippen molar-refractivity contribution in [2.45, 2.75) is 40.0 Å². The maximum Gasteiger partial charge on any atom is 0.0363 e. The predicted molar refractivity (Wildman–Crippen MR) is 73.3 cm³/mol. The Morgan fingerprint density at radius 3 is 1.94 bits per heavy atom. The minimum absolute atomic E-state index is 1.06. The highest BCUT2D eigenvalue weighted by Crippen LogP contribution is 2.24. The molecule has 1 aromatic rings. The highest BCUT2D eigenvalue weighted by molar-refractivity contribution is 5.49. The highest BCUT2D eigenvalue weighted by atomic mass is 15.1. The standard InChI is InChI=1S/C10H15N.C5H10/c1-8-5-6-10(11(3)4)7-9(8)2;1-5-3-2-4-5/h5-7H,1-4H3;5H,2-4H2,1H3. The zero-order chi connectivity index (χ0) is 12.1. The molecule has 0 saturated heterocycles. The van der Waals surface area contributed by atoms with Gasteiger partial charge in [0.15, 0.2) is 0 Å². The average molecular weight is 219 g/mol. The third-order valence-electron chi connectivity index (χ3n) is 3.40. The molecule has 0 bridgehead atoms. The van der Waals surface area contributed by atoms with Crippen molar-refractivity contribution in [1.82, 2.24) is 0 Å². The van der Waals surface area contributed by atoms with Crippen molar-refractivity contribution in [2.24, 2.45) is 5.92 Å². The summed E-state index contributed by atoms with van der Waals surface area (Å²) in [5, 5.41) is 0. The molecule has 0 aromatic heterocycles. The monoisotopic (exact) mass is 219 g/mol. The van der Waals surface area contributed by atoms with E-state index in [0.717, 1.165) is 5.92 Å². The summed E-state index contributed by atoms with van der Waals surface area (Å²) < 4.78 is 0. The van der Waals surface area contributed by atoms with Gasteiger partial charge in [0, 0.05) is 19.8 Å². The molecule has 1 aliphatic rings. The molecule has 1 aromatic carbocycles. The number of hydrogen-bond donors (Lipinski definition) is 0. The van der Waals surface area contributed by atoms with Crippen LogP contribution in [0.25, 0.3) is 0 Å². The molecule has 90 valence electrons. The normalized spacial score (nSPS) is 14.8. The molecule has 1 saturated carbocycles. The molecular weight excluding hydrogens is 194 g/mol. The van der Waals surface area contributed by atoms with Crippen LogP contribution >= 0.6 is 0 Å². The largest absolute Gasteiger partial charge is 0.378 e. The molecule has 0 radical (unpaired) electrons. The zero-order valence-corrected chi connectivity index (χ0v) is 11.4. The first-order valence-corrected chi connectivity index (χ1v) is 6.25. The van der Waals surface area contributed by atoms with Gasteiger partial charge in [0.05, 0.1) is 0 Å². The van der Waals surface area contributed by atoms with Crippen LogP contribution < -0.4 is 4.90 Å².